The van der Waals surface area contributed by atoms with Gasteiger partial charge in [0.1, 0.15) is 6.61 Å². The van der Waals surface area contributed by atoms with Crippen molar-refractivity contribution in [1.82, 2.24) is 0 Å². The predicted molar refractivity (Wildman–Crippen MR) is 315 cm³/mol. The number of unbranched alkanes of at least 4 members (excludes halogenated alkanes) is 29. The number of esters is 2. The third-order valence-corrected chi connectivity index (χ3v) is 13.1. The van der Waals surface area contributed by atoms with Gasteiger partial charge in [-0.25, -0.2) is 0 Å². The van der Waals surface area contributed by atoms with Gasteiger partial charge in [-0.05, 0) is 96.3 Å². The van der Waals surface area contributed by atoms with E-state index >= 15 is 0 Å². The van der Waals surface area contributed by atoms with Crippen LogP contribution >= 0.6 is 0 Å². The minimum Gasteiger partial charge on any atom is -0.462 e. The molecule has 412 valence electrons. The summed E-state index contributed by atoms with van der Waals surface area (Å²) < 4.78 is 10.7. The summed E-state index contributed by atoms with van der Waals surface area (Å²) in [5.41, 5.74) is 0. The molecule has 0 bridgehead atoms. The summed E-state index contributed by atoms with van der Waals surface area (Å²) in [5.74, 6) is -0.594. The number of allylic oxidation sites excluding steroid dienone is 18. The van der Waals surface area contributed by atoms with E-state index < -0.39 is 6.10 Å². The highest BCUT2D eigenvalue weighted by Gasteiger charge is 2.16. The van der Waals surface area contributed by atoms with Gasteiger partial charge < -0.3 is 14.6 Å². The van der Waals surface area contributed by atoms with Crippen LogP contribution in [0.5, 0.6) is 0 Å². The van der Waals surface area contributed by atoms with Gasteiger partial charge in [-0.1, -0.05) is 284 Å². The Kier molecular flexibility index (Phi) is 58.9. The predicted octanol–water partition coefficient (Wildman–Crippen LogP) is 20.9. The van der Waals surface area contributed by atoms with Gasteiger partial charge in [0.2, 0.25) is 0 Å². The number of carbonyl (C=O) groups is 2. The Morgan fingerprint density at radius 2 is 0.556 bits per heavy atom. The van der Waals surface area contributed by atoms with Crippen LogP contribution in [0, 0.1) is 0 Å². The Balaban J connectivity index is 3.46. The zero-order valence-corrected chi connectivity index (χ0v) is 47.2. The molecule has 0 aromatic rings. The fraction of sp³-hybridized carbons (Fsp3) is 0.701. The molecule has 0 aliphatic heterocycles. The molecule has 5 nitrogen and oxygen atoms in total. The lowest BCUT2D eigenvalue weighted by atomic mass is 10.0. The van der Waals surface area contributed by atoms with Crippen LogP contribution in [-0.4, -0.2) is 36.4 Å². The molecular formula is C67H114O5. The first kappa shape index (κ1) is 68.6. The SMILES string of the molecule is CC/C=C\C/C=C\C/C=C\C/C=C\C/C=C\CCCCCCCCCCCCCCCCCCCCCCCC(=O)OC(CO)COC(=O)CCCCCCCCCC/C=C\C/C=C\C/C=C\C/C=C\CC. The molecule has 0 saturated heterocycles. The first-order chi connectivity index (χ1) is 35.6. The number of aliphatic hydroxyl groups excluding tert-OH is 1. The van der Waals surface area contributed by atoms with Crippen molar-refractivity contribution < 1.29 is 24.2 Å². The van der Waals surface area contributed by atoms with Gasteiger partial charge in [0.25, 0.3) is 0 Å². The quantitative estimate of drug-likeness (QED) is 0.0373. The molecule has 0 aromatic heterocycles. The molecule has 5 heteroatoms. The molecule has 1 N–H and O–H groups in total. The summed E-state index contributed by atoms with van der Waals surface area (Å²) in [4.78, 5) is 24.6. The van der Waals surface area contributed by atoms with Crippen LogP contribution in [-0.2, 0) is 19.1 Å². The zero-order valence-electron chi connectivity index (χ0n) is 47.2. The summed E-state index contributed by atoms with van der Waals surface area (Å²) in [6.45, 7) is 3.93. The third kappa shape index (κ3) is 59.1. The van der Waals surface area contributed by atoms with Crippen molar-refractivity contribution in [2.45, 2.75) is 290 Å². The smallest absolute Gasteiger partial charge is 0.306 e. The fourth-order valence-electron chi connectivity index (χ4n) is 8.58. The molecule has 0 spiro atoms. The maximum Gasteiger partial charge on any atom is 0.306 e. The summed E-state index contributed by atoms with van der Waals surface area (Å²) in [6.07, 6.45) is 89.4. The van der Waals surface area contributed by atoms with Crippen LogP contribution in [0.2, 0.25) is 0 Å². The van der Waals surface area contributed by atoms with Gasteiger partial charge in [0.15, 0.2) is 6.10 Å². The highest BCUT2D eigenvalue weighted by atomic mass is 16.6. The molecule has 0 rings (SSSR count). The molecule has 0 saturated carbocycles. The van der Waals surface area contributed by atoms with Crippen molar-refractivity contribution in [3.63, 3.8) is 0 Å². The minimum atomic E-state index is -0.780. The van der Waals surface area contributed by atoms with Crippen LogP contribution in [0.25, 0.3) is 0 Å². The van der Waals surface area contributed by atoms with E-state index in [1.807, 2.05) is 0 Å². The standard InChI is InChI=1S/C67H114O5/c1-3-5-7-9-11-13-15-17-19-21-23-25-26-27-28-29-30-31-32-33-34-35-36-37-38-39-40-42-44-46-48-50-52-54-56-58-60-62-67(70)72-65(63-68)64-71-66(69)61-59-57-55-53-51-49-47-45-43-41-24-22-20-18-16-14-12-10-8-6-4-2/h5-8,11-14,17-20,23-25,27-28,41,65,68H,3-4,9-10,15-16,21-22,26,29-40,42-64H2,1-2H3/b7-5-,8-6-,13-11-,14-12-,19-17-,20-18-,25-23-,28-27-,41-24-. The first-order valence-electron chi connectivity index (χ1n) is 30.4. The highest BCUT2D eigenvalue weighted by Crippen LogP contribution is 2.17. The van der Waals surface area contributed by atoms with E-state index in [-0.39, 0.29) is 25.2 Å². The van der Waals surface area contributed by atoms with E-state index in [1.54, 1.807) is 0 Å². The molecule has 1 unspecified atom stereocenters. The van der Waals surface area contributed by atoms with Crippen molar-refractivity contribution in [3.05, 3.63) is 109 Å². The van der Waals surface area contributed by atoms with Crippen LogP contribution < -0.4 is 0 Å². The normalized spacial score (nSPS) is 13.0. The van der Waals surface area contributed by atoms with E-state index in [0.29, 0.717) is 12.8 Å². The number of aliphatic hydroxyl groups is 1. The van der Waals surface area contributed by atoms with Crippen LogP contribution in [0.1, 0.15) is 284 Å². The number of hydrogen-bond acceptors (Lipinski definition) is 5. The average Bonchev–Trinajstić information content (AvgIpc) is 3.38. The van der Waals surface area contributed by atoms with Crippen molar-refractivity contribution in [2.75, 3.05) is 13.2 Å². The topological polar surface area (TPSA) is 72.8 Å². The number of hydrogen-bond donors (Lipinski definition) is 1. The van der Waals surface area contributed by atoms with E-state index in [4.69, 9.17) is 9.47 Å². The number of carbonyl (C=O) groups excluding carboxylic acids is 2. The molecule has 0 aromatic carbocycles. The summed E-state index contributed by atoms with van der Waals surface area (Å²) in [5, 5.41) is 9.67. The Bertz CT molecular complexity index is 1410. The lowest BCUT2D eigenvalue weighted by molar-refractivity contribution is -0.161. The second-order valence-corrected chi connectivity index (χ2v) is 20.0. The number of rotatable bonds is 55. The Morgan fingerprint density at radius 1 is 0.319 bits per heavy atom. The Hall–Kier alpha value is -3.44. The monoisotopic (exact) mass is 999 g/mol. The fourth-order valence-corrected chi connectivity index (χ4v) is 8.58. The van der Waals surface area contributed by atoms with E-state index in [0.717, 1.165) is 103 Å². The van der Waals surface area contributed by atoms with E-state index in [1.165, 1.54) is 154 Å². The van der Waals surface area contributed by atoms with Gasteiger partial charge in [0.05, 0.1) is 6.61 Å². The van der Waals surface area contributed by atoms with Crippen molar-refractivity contribution in [3.8, 4) is 0 Å². The maximum atomic E-state index is 12.3. The molecule has 1 atom stereocenters. The molecule has 0 heterocycles. The molecular weight excluding hydrogens is 885 g/mol. The second kappa shape index (κ2) is 61.9. The van der Waals surface area contributed by atoms with Crippen LogP contribution in [0.15, 0.2) is 109 Å². The summed E-state index contributed by atoms with van der Waals surface area (Å²) in [7, 11) is 0. The van der Waals surface area contributed by atoms with Gasteiger partial charge in [-0.2, -0.15) is 0 Å². The lowest BCUT2D eigenvalue weighted by Gasteiger charge is -2.15. The second-order valence-electron chi connectivity index (χ2n) is 20.0. The molecule has 0 radical (unpaired) electrons. The van der Waals surface area contributed by atoms with Gasteiger partial charge in [-0.3, -0.25) is 9.59 Å². The first-order valence-corrected chi connectivity index (χ1v) is 30.4. The summed E-state index contributed by atoms with van der Waals surface area (Å²) in [6, 6.07) is 0. The molecule has 72 heavy (non-hydrogen) atoms. The average molecular weight is 1000 g/mol. The van der Waals surface area contributed by atoms with Gasteiger partial charge in [0, 0.05) is 12.8 Å². The largest absolute Gasteiger partial charge is 0.462 e. The summed E-state index contributed by atoms with van der Waals surface area (Å²) >= 11 is 0. The zero-order chi connectivity index (χ0) is 52.0. The minimum absolute atomic E-state index is 0.0721. The van der Waals surface area contributed by atoms with E-state index in [9.17, 15) is 14.7 Å². The molecule has 0 aliphatic carbocycles. The van der Waals surface area contributed by atoms with E-state index in [2.05, 4.69) is 123 Å². The number of ether oxygens (including phenoxy) is 2. The highest BCUT2D eigenvalue weighted by molar-refractivity contribution is 5.70. The molecule has 0 amide bonds. The van der Waals surface area contributed by atoms with Gasteiger partial charge >= 0.3 is 11.9 Å². The lowest BCUT2D eigenvalue weighted by Crippen LogP contribution is -2.28. The van der Waals surface area contributed by atoms with Crippen LogP contribution in [0.4, 0.5) is 0 Å². The molecule has 0 aliphatic rings. The van der Waals surface area contributed by atoms with Crippen LogP contribution in [0.3, 0.4) is 0 Å². The van der Waals surface area contributed by atoms with Crippen molar-refractivity contribution in [1.29, 1.82) is 0 Å². The Labute approximate surface area is 446 Å². The maximum absolute atomic E-state index is 12.3. The van der Waals surface area contributed by atoms with Crippen molar-refractivity contribution >= 4 is 11.9 Å². The van der Waals surface area contributed by atoms with Crippen molar-refractivity contribution in [2.24, 2.45) is 0 Å². The van der Waals surface area contributed by atoms with Gasteiger partial charge in [-0.15, -0.1) is 0 Å². The molecule has 0 fully saturated rings. The third-order valence-electron chi connectivity index (χ3n) is 13.1. The Morgan fingerprint density at radius 3 is 0.833 bits per heavy atom.